The Hall–Kier alpha value is -1.24. The lowest BCUT2D eigenvalue weighted by molar-refractivity contribution is -0.144. The summed E-state index contributed by atoms with van der Waals surface area (Å²) >= 11 is 1.51. The average molecular weight is 316 g/mol. The summed E-state index contributed by atoms with van der Waals surface area (Å²) in [5.41, 5.74) is -0.140. The van der Waals surface area contributed by atoms with Crippen LogP contribution in [-0.2, 0) is 14.4 Å². The number of thioether (sulfide) groups is 1. The lowest BCUT2D eigenvalue weighted by Crippen LogP contribution is -2.52. The molecule has 0 aromatic rings. The first-order chi connectivity index (χ1) is 9.65. The van der Waals surface area contributed by atoms with E-state index >= 15 is 0 Å². The van der Waals surface area contributed by atoms with Gasteiger partial charge >= 0.3 is 5.97 Å². The van der Waals surface area contributed by atoms with Crippen LogP contribution in [0.2, 0.25) is 0 Å². The fraction of sp³-hybridized carbons (Fsp3) is 0.786. The normalized spacial score (nSPS) is 20.2. The minimum absolute atomic E-state index is 0.0592. The Morgan fingerprint density at radius 1 is 1.38 bits per heavy atom. The Morgan fingerprint density at radius 3 is 2.48 bits per heavy atom. The summed E-state index contributed by atoms with van der Waals surface area (Å²) < 4.78 is 0. The Kier molecular flexibility index (Phi) is 6.07. The van der Waals surface area contributed by atoms with Crippen molar-refractivity contribution >= 4 is 29.5 Å². The molecule has 120 valence electrons. The van der Waals surface area contributed by atoms with Crippen LogP contribution < -0.4 is 5.32 Å². The van der Waals surface area contributed by atoms with E-state index in [1.165, 1.54) is 11.8 Å². The molecular weight excluding hydrogens is 292 g/mol. The zero-order chi connectivity index (χ0) is 16.2. The number of hydrogen-bond acceptors (Lipinski definition) is 4. The maximum Gasteiger partial charge on any atom is 0.326 e. The lowest BCUT2D eigenvalue weighted by Gasteiger charge is -2.27. The molecule has 1 saturated heterocycles. The molecule has 0 saturated carbocycles. The summed E-state index contributed by atoms with van der Waals surface area (Å²) in [6.07, 6.45) is 0.685. The van der Waals surface area contributed by atoms with Crippen LogP contribution in [0.5, 0.6) is 0 Å². The molecule has 7 heteroatoms. The minimum atomic E-state index is -1.05. The van der Waals surface area contributed by atoms with Gasteiger partial charge in [0.2, 0.25) is 11.8 Å². The molecule has 1 rings (SSSR count). The highest BCUT2D eigenvalue weighted by molar-refractivity contribution is 7.99. The van der Waals surface area contributed by atoms with E-state index in [0.29, 0.717) is 24.5 Å². The number of carbonyl (C=O) groups is 3. The Morgan fingerprint density at radius 2 is 2.00 bits per heavy atom. The predicted octanol–water partition coefficient (Wildman–Crippen LogP) is 1.30. The van der Waals surface area contributed by atoms with Gasteiger partial charge in [-0.05, 0) is 11.8 Å². The molecule has 0 aromatic carbocycles. The maximum atomic E-state index is 12.3. The summed E-state index contributed by atoms with van der Waals surface area (Å²) in [6.45, 7) is 7.62. The van der Waals surface area contributed by atoms with E-state index in [9.17, 15) is 14.4 Å². The molecule has 1 heterocycles. The van der Waals surface area contributed by atoms with Crippen molar-refractivity contribution < 1.29 is 19.5 Å². The largest absolute Gasteiger partial charge is 0.480 e. The second kappa shape index (κ2) is 7.15. The van der Waals surface area contributed by atoms with Crippen molar-refractivity contribution in [2.24, 2.45) is 5.41 Å². The summed E-state index contributed by atoms with van der Waals surface area (Å²) in [7, 11) is 0. The highest BCUT2D eigenvalue weighted by Crippen LogP contribution is 2.26. The molecular formula is C14H24N2O4S. The first-order valence-electron chi connectivity index (χ1n) is 7.06. The molecule has 2 unspecified atom stereocenters. The molecule has 0 aliphatic carbocycles. The van der Waals surface area contributed by atoms with Crippen molar-refractivity contribution in [3.63, 3.8) is 0 Å². The summed E-state index contributed by atoms with van der Waals surface area (Å²) in [4.78, 5) is 37.0. The van der Waals surface area contributed by atoms with Gasteiger partial charge in [0.1, 0.15) is 12.1 Å². The van der Waals surface area contributed by atoms with Crippen molar-refractivity contribution in [2.45, 2.75) is 52.6 Å². The van der Waals surface area contributed by atoms with E-state index in [-0.39, 0.29) is 17.2 Å². The molecule has 1 aliphatic heterocycles. The summed E-state index contributed by atoms with van der Waals surface area (Å²) in [5.74, 6) is -0.495. The number of carboxylic acid groups (broad SMARTS) is 1. The number of amides is 2. The lowest BCUT2D eigenvalue weighted by atomic mass is 9.91. The van der Waals surface area contributed by atoms with Crippen LogP contribution in [0.1, 0.15) is 40.5 Å². The first kappa shape index (κ1) is 17.8. The average Bonchev–Trinajstić information content (AvgIpc) is 2.82. The Bertz CT molecular complexity index is 420. The van der Waals surface area contributed by atoms with Crippen molar-refractivity contribution in [1.82, 2.24) is 10.2 Å². The fourth-order valence-electron chi connectivity index (χ4n) is 2.07. The van der Waals surface area contributed by atoms with Crippen LogP contribution in [0.15, 0.2) is 0 Å². The molecule has 1 aliphatic rings. The number of nitrogens with zero attached hydrogens (tertiary/aromatic N) is 1. The minimum Gasteiger partial charge on any atom is -0.480 e. The van der Waals surface area contributed by atoms with E-state index in [1.807, 2.05) is 20.8 Å². The van der Waals surface area contributed by atoms with Gasteiger partial charge in [-0.15, -0.1) is 11.8 Å². The van der Waals surface area contributed by atoms with Gasteiger partial charge in [-0.25, -0.2) is 4.79 Å². The van der Waals surface area contributed by atoms with Crippen molar-refractivity contribution in [3.05, 3.63) is 0 Å². The third-order valence-electron chi connectivity index (χ3n) is 3.21. The van der Waals surface area contributed by atoms with Crippen molar-refractivity contribution in [2.75, 3.05) is 11.6 Å². The Balaban J connectivity index is 2.70. The van der Waals surface area contributed by atoms with Gasteiger partial charge < -0.3 is 15.3 Å². The third kappa shape index (κ3) is 5.22. The zero-order valence-corrected chi connectivity index (χ0v) is 13.8. The van der Waals surface area contributed by atoms with E-state index < -0.39 is 18.1 Å². The summed E-state index contributed by atoms with van der Waals surface area (Å²) in [6, 6.07) is -1.47. The van der Waals surface area contributed by atoms with E-state index in [4.69, 9.17) is 5.11 Å². The second-order valence-corrected chi connectivity index (χ2v) is 7.42. The number of carbonyl (C=O) groups excluding carboxylic acids is 2. The van der Waals surface area contributed by atoms with Gasteiger partial charge in [0.15, 0.2) is 0 Å². The molecule has 1 fully saturated rings. The molecule has 2 amide bonds. The Labute approximate surface area is 129 Å². The van der Waals surface area contributed by atoms with Gasteiger partial charge in [-0.3, -0.25) is 9.59 Å². The quantitative estimate of drug-likeness (QED) is 0.798. The smallest absolute Gasteiger partial charge is 0.326 e. The van der Waals surface area contributed by atoms with Crippen LogP contribution in [0.4, 0.5) is 0 Å². The maximum absolute atomic E-state index is 12.3. The molecule has 0 bridgehead atoms. The van der Waals surface area contributed by atoms with Gasteiger partial charge in [0.25, 0.3) is 0 Å². The van der Waals surface area contributed by atoms with Crippen LogP contribution in [0, 0.1) is 5.41 Å². The number of aliphatic carboxylic acids is 1. The highest BCUT2D eigenvalue weighted by Gasteiger charge is 2.36. The van der Waals surface area contributed by atoms with Crippen molar-refractivity contribution in [1.29, 1.82) is 0 Å². The second-order valence-electron chi connectivity index (χ2n) is 6.42. The van der Waals surface area contributed by atoms with Gasteiger partial charge in [-0.2, -0.15) is 0 Å². The molecule has 0 spiro atoms. The molecule has 0 aromatic heterocycles. The van der Waals surface area contributed by atoms with Crippen LogP contribution >= 0.6 is 11.8 Å². The molecule has 21 heavy (non-hydrogen) atoms. The molecule has 0 radical (unpaired) electrons. The van der Waals surface area contributed by atoms with Gasteiger partial charge in [0.05, 0.1) is 5.88 Å². The van der Waals surface area contributed by atoms with Crippen molar-refractivity contribution in [3.8, 4) is 0 Å². The predicted molar refractivity (Wildman–Crippen MR) is 81.9 cm³/mol. The fourth-order valence-corrected chi connectivity index (χ4v) is 3.25. The number of carboxylic acids is 1. The summed E-state index contributed by atoms with van der Waals surface area (Å²) in [5, 5.41) is 11.5. The standard InChI is InChI=1S/C14H24N2O4S/c1-5-9(13(19)20)15-12(18)10-7-21-8-16(10)11(17)6-14(2,3)4/h9-10H,5-8H2,1-4H3,(H,15,18)(H,19,20). The van der Waals surface area contributed by atoms with E-state index in [1.54, 1.807) is 11.8 Å². The third-order valence-corrected chi connectivity index (χ3v) is 4.22. The SMILES string of the molecule is CCC(NC(=O)C1CSCN1C(=O)CC(C)(C)C)C(=O)O. The molecule has 2 atom stereocenters. The monoisotopic (exact) mass is 316 g/mol. The first-order valence-corrected chi connectivity index (χ1v) is 8.21. The number of hydrogen-bond donors (Lipinski definition) is 2. The topological polar surface area (TPSA) is 86.7 Å². The number of nitrogens with one attached hydrogen (secondary N) is 1. The van der Waals surface area contributed by atoms with E-state index in [2.05, 4.69) is 5.32 Å². The molecule has 2 N–H and O–H groups in total. The zero-order valence-electron chi connectivity index (χ0n) is 13.0. The van der Waals surface area contributed by atoms with E-state index in [0.717, 1.165) is 0 Å². The number of rotatable bonds is 5. The molecule has 6 nitrogen and oxygen atoms in total. The van der Waals surface area contributed by atoms with Gasteiger partial charge in [0, 0.05) is 12.2 Å². The highest BCUT2D eigenvalue weighted by atomic mass is 32.2. The van der Waals surface area contributed by atoms with Crippen LogP contribution in [-0.4, -0.2) is 51.5 Å². The van der Waals surface area contributed by atoms with Crippen LogP contribution in [0.25, 0.3) is 0 Å². The van der Waals surface area contributed by atoms with Crippen LogP contribution in [0.3, 0.4) is 0 Å². The van der Waals surface area contributed by atoms with Gasteiger partial charge in [-0.1, -0.05) is 27.7 Å².